The van der Waals surface area contributed by atoms with Crippen LogP contribution in [0.25, 0.3) is 0 Å². The van der Waals surface area contributed by atoms with Crippen LogP contribution in [0.1, 0.15) is 40.3 Å². The maximum Gasteiger partial charge on any atom is 0.260 e. The number of aromatic hydroxyl groups is 1. The van der Waals surface area contributed by atoms with Crippen molar-refractivity contribution in [3.05, 3.63) is 124 Å². The van der Waals surface area contributed by atoms with E-state index in [0.29, 0.717) is 29.0 Å². The van der Waals surface area contributed by atoms with E-state index in [0.717, 1.165) is 21.0 Å². The molecule has 3 heterocycles. The molecule has 4 aromatic rings. The fourth-order valence-corrected chi connectivity index (χ4v) is 9.50. The molecule has 0 radical (unpaired) electrons. The maximum absolute atomic E-state index is 15.2. The number of anilines is 1. The van der Waals surface area contributed by atoms with E-state index in [4.69, 9.17) is 4.74 Å². The van der Waals surface area contributed by atoms with Crippen LogP contribution in [0, 0.1) is 30.6 Å². The first kappa shape index (κ1) is 31.1. The van der Waals surface area contributed by atoms with Gasteiger partial charge in [0.05, 0.1) is 42.5 Å². The largest absolute Gasteiger partial charge is 0.508 e. The van der Waals surface area contributed by atoms with Crippen LogP contribution in [-0.2, 0) is 31.1 Å². The number of thiophene rings is 1. The standard InChI is InChI=1S/C39H35N3O6S/c1-22-10-12-24(13-11-22)40-42-36(45)31-20-30-27(16-17-29-33(30)37(46)41(35(29)44)21-26-9-6-18-49-26)34(28-15-14-25(43)19-32(28)48-2)39(31,38(42)47)23-7-4-3-5-8-23/h3-16,18-19,29-31,33-34,40,43H,17,20-21H2,1-2H3/t29-,30+,31-,33-,34+,39+/m0/s1. The van der Waals surface area contributed by atoms with Gasteiger partial charge in [0.15, 0.2) is 0 Å². The Kier molecular flexibility index (Phi) is 7.44. The molecule has 0 bridgehead atoms. The lowest BCUT2D eigenvalue weighted by Gasteiger charge is -2.50. The number of hydrazine groups is 1. The highest BCUT2D eigenvalue weighted by Crippen LogP contribution is 2.65. The SMILES string of the molecule is COc1cc(O)ccc1[C@H]1C2=CC[C@@H]3C(=O)N(Cc4cccs4)C(=O)[C@@H]3[C@@H]2C[C@H]2C(=O)N(Nc3ccc(C)cc3)C(=O)[C@@]12c1ccccc1. The molecule has 0 spiro atoms. The van der Waals surface area contributed by atoms with Crippen molar-refractivity contribution in [3.63, 3.8) is 0 Å². The minimum Gasteiger partial charge on any atom is -0.508 e. The second-order valence-electron chi connectivity index (χ2n) is 13.4. The van der Waals surface area contributed by atoms with Crippen molar-refractivity contribution in [2.24, 2.45) is 23.7 Å². The molecule has 248 valence electrons. The van der Waals surface area contributed by atoms with Gasteiger partial charge in [-0.2, -0.15) is 5.01 Å². The number of fused-ring (bicyclic) bond motifs is 4. The average molecular weight is 674 g/mol. The number of nitrogens with one attached hydrogen (secondary N) is 1. The van der Waals surface area contributed by atoms with Crippen molar-refractivity contribution in [2.45, 2.75) is 37.6 Å². The Morgan fingerprint density at radius 3 is 2.41 bits per heavy atom. The van der Waals surface area contributed by atoms with E-state index >= 15 is 4.79 Å². The molecule has 2 N–H and O–H groups in total. The molecule has 49 heavy (non-hydrogen) atoms. The summed E-state index contributed by atoms with van der Waals surface area (Å²) in [6.07, 6.45) is 2.57. The Hall–Kier alpha value is -5.22. The number of rotatable bonds is 7. The quantitative estimate of drug-likeness (QED) is 0.184. The Morgan fingerprint density at radius 2 is 1.69 bits per heavy atom. The summed E-state index contributed by atoms with van der Waals surface area (Å²) in [7, 11) is 1.50. The van der Waals surface area contributed by atoms with Gasteiger partial charge in [-0.1, -0.05) is 71.8 Å². The Labute approximate surface area is 287 Å². The first-order valence-corrected chi connectivity index (χ1v) is 17.3. The molecule has 1 aromatic heterocycles. The van der Waals surface area contributed by atoms with E-state index in [9.17, 15) is 19.5 Å². The van der Waals surface area contributed by atoms with Crippen LogP contribution in [0.3, 0.4) is 0 Å². The number of ether oxygens (including phenoxy) is 1. The second kappa shape index (κ2) is 11.7. The van der Waals surface area contributed by atoms with E-state index in [-0.39, 0.29) is 30.5 Å². The van der Waals surface area contributed by atoms with Crippen LogP contribution in [0.5, 0.6) is 11.5 Å². The van der Waals surface area contributed by atoms with Crippen molar-refractivity contribution in [3.8, 4) is 11.5 Å². The maximum atomic E-state index is 15.2. The summed E-state index contributed by atoms with van der Waals surface area (Å²) >= 11 is 1.50. The number of carbonyl (C=O) groups excluding carboxylic acids is 4. The summed E-state index contributed by atoms with van der Waals surface area (Å²) in [5.41, 5.74) is 5.45. The van der Waals surface area contributed by atoms with E-state index in [1.807, 2.05) is 85.1 Å². The van der Waals surface area contributed by atoms with Gasteiger partial charge in [0.25, 0.3) is 11.8 Å². The number of nitrogens with zero attached hydrogens (tertiary/aromatic N) is 2. The highest BCUT2D eigenvalue weighted by molar-refractivity contribution is 7.09. The lowest BCUT2D eigenvalue weighted by molar-refractivity contribution is -0.141. The van der Waals surface area contributed by atoms with Gasteiger partial charge in [-0.15, -0.1) is 11.3 Å². The molecule has 4 aliphatic rings. The normalized spacial score (nSPS) is 27.5. The first-order valence-electron chi connectivity index (χ1n) is 16.5. The molecule has 6 atom stereocenters. The van der Waals surface area contributed by atoms with E-state index in [1.54, 1.807) is 12.1 Å². The van der Waals surface area contributed by atoms with Gasteiger partial charge in [-0.3, -0.25) is 29.5 Å². The van der Waals surface area contributed by atoms with Crippen LogP contribution in [0.2, 0.25) is 0 Å². The molecule has 8 rings (SSSR count). The molecular weight excluding hydrogens is 639 g/mol. The number of aryl methyl sites for hydroxylation is 1. The molecule has 4 amide bonds. The van der Waals surface area contributed by atoms with Crippen LogP contribution in [0.15, 0.2) is 102 Å². The van der Waals surface area contributed by atoms with Gasteiger partial charge < -0.3 is 9.84 Å². The fraction of sp³-hybridized carbons (Fsp3) is 0.282. The number of benzene rings is 3. The molecular formula is C39H35N3O6S. The summed E-state index contributed by atoms with van der Waals surface area (Å²) in [4.78, 5) is 60.5. The number of hydrogen-bond acceptors (Lipinski definition) is 8. The topological polar surface area (TPSA) is 116 Å². The number of methoxy groups -OCH3 is 1. The van der Waals surface area contributed by atoms with E-state index < -0.39 is 46.8 Å². The molecule has 2 aliphatic carbocycles. The number of phenolic OH excluding ortho intramolecular Hbond substituents is 1. The van der Waals surface area contributed by atoms with Crippen molar-refractivity contribution < 1.29 is 29.0 Å². The fourth-order valence-electron chi connectivity index (χ4n) is 8.81. The number of amides is 4. The zero-order chi connectivity index (χ0) is 34.0. The minimum absolute atomic E-state index is 0.00627. The molecule has 1 saturated carbocycles. The lowest BCUT2D eigenvalue weighted by Crippen LogP contribution is -2.53. The molecule has 0 unspecified atom stereocenters. The monoisotopic (exact) mass is 673 g/mol. The van der Waals surface area contributed by atoms with Crippen molar-refractivity contribution in [1.29, 1.82) is 0 Å². The van der Waals surface area contributed by atoms with Gasteiger partial charge >= 0.3 is 0 Å². The highest BCUT2D eigenvalue weighted by atomic mass is 32.1. The summed E-state index contributed by atoms with van der Waals surface area (Å²) < 4.78 is 5.84. The number of phenols is 1. The molecule has 2 saturated heterocycles. The molecule has 3 aromatic carbocycles. The van der Waals surface area contributed by atoms with Gasteiger partial charge in [0, 0.05) is 22.4 Å². The van der Waals surface area contributed by atoms with Crippen LogP contribution in [0.4, 0.5) is 5.69 Å². The highest BCUT2D eigenvalue weighted by Gasteiger charge is 2.70. The lowest BCUT2D eigenvalue weighted by atomic mass is 9.49. The minimum atomic E-state index is -1.42. The predicted octanol–water partition coefficient (Wildman–Crippen LogP) is 5.96. The number of hydrogen-bond donors (Lipinski definition) is 2. The van der Waals surface area contributed by atoms with Gasteiger partial charge in [0.2, 0.25) is 11.8 Å². The Morgan fingerprint density at radius 1 is 0.918 bits per heavy atom. The number of carbonyl (C=O) groups is 4. The Bertz CT molecular complexity index is 2010. The first-order chi connectivity index (χ1) is 23.7. The van der Waals surface area contributed by atoms with Crippen molar-refractivity contribution in [1.82, 2.24) is 9.91 Å². The number of allylic oxidation sites excluding steroid dienone is 2. The molecule has 10 heteroatoms. The third kappa shape index (κ3) is 4.64. The smallest absolute Gasteiger partial charge is 0.260 e. The van der Waals surface area contributed by atoms with Crippen molar-refractivity contribution >= 4 is 40.7 Å². The Balaban J connectivity index is 1.32. The second-order valence-corrected chi connectivity index (χ2v) is 14.4. The predicted molar refractivity (Wildman–Crippen MR) is 183 cm³/mol. The zero-order valence-electron chi connectivity index (χ0n) is 27.0. The van der Waals surface area contributed by atoms with Gasteiger partial charge in [0.1, 0.15) is 11.5 Å². The molecule has 9 nitrogen and oxygen atoms in total. The third-order valence-corrected chi connectivity index (χ3v) is 11.8. The third-order valence-electron chi connectivity index (χ3n) is 10.9. The van der Waals surface area contributed by atoms with Crippen LogP contribution < -0.4 is 10.2 Å². The zero-order valence-corrected chi connectivity index (χ0v) is 27.9. The summed E-state index contributed by atoms with van der Waals surface area (Å²) in [5, 5.41) is 13.6. The summed E-state index contributed by atoms with van der Waals surface area (Å²) in [5.74, 6) is -4.22. The summed E-state index contributed by atoms with van der Waals surface area (Å²) in [6, 6.07) is 25.4. The van der Waals surface area contributed by atoms with Crippen LogP contribution in [-0.4, -0.2) is 45.8 Å². The molecule has 3 fully saturated rings. The number of likely N-dealkylation sites (tertiary alicyclic amines) is 1. The average Bonchev–Trinajstić information content (AvgIpc) is 3.78. The van der Waals surface area contributed by atoms with Gasteiger partial charge in [-0.05, 0) is 60.9 Å². The van der Waals surface area contributed by atoms with E-state index in [1.165, 1.54) is 29.4 Å². The van der Waals surface area contributed by atoms with E-state index in [2.05, 4.69) is 5.43 Å². The van der Waals surface area contributed by atoms with Crippen LogP contribution >= 0.6 is 11.3 Å². The molecule has 2 aliphatic heterocycles. The van der Waals surface area contributed by atoms with Gasteiger partial charge in [-0.25, -0.2) is 0 Å². The number of imide groups is 2. The summed E-state index contributed by atoms with van der Waals surface area (Å²) in [6.45, 7) is 2.17. The van der Waals surface area contributed by atoms with Crippen molar-refractivity contribution in [2.75, 3.05) is 12.5 Å².